The fourth-order valence-corrected chi connectivity index (χ4v) is 3.38. The molecular formula is C22H25N5O4. The fraction of sp³-hybridized carbons (Fsp3) is 0.409. The first-order valence-corrected chi connectivity index (χ1v) is 10.1. The van der Waals surface area contributed by atoms with Crippen LogP contribution in [0.15, 0.2) is 30.5 Å². The number of amides is 2. The number of ether oxygens (including phenoxy) is 2. The van der Waals surface area contributed by atoms with E-state index in [-0.39, 0.29) is 11.6 Å². The van der Waals surface area contributed by atoms with Crippen LogP contribution < -0.4 is 10.2 Å². The number of nitrogens with one attached hydrogen (secondary N) is 1. The first-order chi connectivity index (χ1) is 15.1. The summed E-state index contributed by atoms with van der Waals surface area (Å²) in [6.45, 7) is 2.20. The zero-order valence-corrected chi connectivity index (χ0v) is 17.4. The van der Waals surface area contributed by atoms with Crippen LogP contribution in [0.3, 0.4) is 0 Å². The smallest absolute Gasteiger partial charge is 0.328 e. The number of hydrogen-bond acceptors (Lipinski definition) is 7. The third kappa shape index (κ3) is 6.07. The summed E-state index contributed by atoms with van der Waals surface area (Å²) in [4.78, 5) is 34.3. The van der Waals surface area contributed by atoms with Gasteiger partial charge in [0.1, 0.15) is 23.4 Å². The highest BCUT2D eigenvalue weighted by Gasteiger charge is 2.25. The van der Waals surface area contributed by atoms with E-state index < -0.39 is 6.03 Å². The van der Waals surface area contributed by atoms with E-state index in [1.807, 2.05) is 0 Å². The highest BCUT2D eigenvalue weighted by molar-refractivity contribution is 6.00. The van der Waals surface area contributed by atoms with E-state index in [2.05, 4.69) is 21.4 Å². The van der Waals surface area contributed by atoms with Gasteiger partial charge in [-0.1, -0.05) is 6.07 Å². The van der Waals surface area contributed by atoms with Crippen molar-refractivity contribution in [3.63, 3.8) is 0 Å². The molecule has 9 heteroatoms. The second kappa shape index (κ2) is 11.2. The minimum atomic E-state index is -0.414. The van der Waals surface area contributed by atoms with Gasteiger partial charge in [-0.3, -0.25) is 15.0 Å². The number of anilines is 2. The lowest BCUT2D eigenvalue weighted by molar-refractivity contribution is 0.111. The molecule has 0 aromatic carbocycles. The maximum Gasteiger partial charge on any atom is 0.328 e. The molecule has 1 aliphatic heterocycles. The Kier molecular flexibility index (Phi) is 8.04. The highest BCUT2D eigenvalue weighted by atomic mass is 16.5. The van der Waals surface area contributed by atoms with Crippen LogP contribution in [0.25, 0.3) is 0 Å². The molecule has 1 fully saturated rings. The van der Waals surface area contributed by atoms with Crippen molar-refractivity contribution >= 4 is 24.0 Å². The molecule has 1 aliphatic rings. The van der Waals surface area contributed by atoms with E-state index in [4.69, 9.17) is 9.47 Å². The molecule has 2 aromatic heterocycles. The topological polar surface area (TPSA) is 117 Å². The normalized spacial score (nSPS) is 15.3. The molecule has 0 aliphatic carbocycles. The number of urea groups is 1. The Hall–Kier alpha value is -3.35. The van der Waals surface area contributed by atoms with Gasteiger partial charge in [-0.05, 0) is 43.0 Å². The van der Waals surface area contributed by atoms with Gasteiger partial charge in [0.2, 0.25) is 0 Å². The number of aldehydes is 1. The van der Waals surface area contributed by atoms with E-state index in [1.54, 1.807) is 31.4 Å². The van der Waals surface area contributed by atoms with Crippen molar-refractivity contribution in [1.29, 1.82) is 5.26 Å². The SMILES string of the molecule is COCCCc1cc(NC(=O)N(C[C@@H]2CCOC2)c2cccc(C=O)n2)ncc1C#N. The number of carbonyl (C=O) groups excluding carboxylic acids is 2. The molecule has 0 spiro atoms. The molecule has 2 amide bonds. The summed E-state index contributed by atoms with van der Waals surface area (Å²) in [6, 6.07) is 8.38. The molecule has 1 N–H and O–H groups in total. The average molecular weight is 423 g/mol. The van der Waals surface area contributed by atoms with Gasteiger partial charge in [-0.15, -0.1) is 0 Å². The van der Waals surface area contributed by atoms with Crippen molar-refractivity contribution in [2.75, 3.05) is 43.7 Å². The third-order valence-corrected chi connectivity index (χ3v) is 5.00. The molecular weight excluding hydrogens is 398 g/mol. The maximum atomic E-state index is 13.1. The largest absolute Gasteiger partial charge is 0.385 e. The van der Waals surface area contributed by atoms with Crippen molar-refractivity contribution in [1.82, 2.24) is 9.97 Å². The Morgan fingerprint density at radius 3 is 3.06 bits per heavy atom. The van der Waals surface area contributed by atoms with Crippen LogP contribution in [0.5, 0.6) is 0 Å². The number of nitrogens with zero attached hydrogens (tertiary/aromatic N) is 4. The molecule has 31 heavy (non-hydrogen) atoms. The van der Waals surface area contributed by atoms with Crippen molar-refractivity contribution in [2.24, 2.45) is 5.92 Å². The van der Waals surface area contributed by atoms with Crippen molar-refractivity contribution in [3.05, 3.63) is 47.3 Å². The van der Waals surface area contributed by atoms with Crippen molar-refractivity contribution < 1.29 is 19.1 Å². The molecule has 3 heterocycles. The predicted molar refractivity (Wildman–Crippen MR) is 114 cm³/mol. The van der Waals surface area contributed by atoms with Crippen LogP contribution in [0, 0.1) is 17.2 Å². The van der Waals surface area contributed by atoms with Crippen LogP contribution in [0.4, 0.5) is 16.4 Å². The Morgan fingerprint density at radius 2 is 2.35 bits per heavy atom. The van der Waals surface area contributed by atoms with Gasteiger partial charge in [-0.2, -0.15) is 5.26 Å². The summed E-state index contributed by atoms with van der Waals surface area (Å²) >= 11 is 0. The van der Waals surface area contributed by atoms with Gasteiger partial charge in [0, 0.05) is 39.0 Å². The first kappa shape index (κ1) is 22.3. The van der Waals surface area contributed by atoms with Crippen LogP contribution in [0.1, 0.15) is 34.5 Å². The summed E-state index contributed by atoms with van der Waals surface area (Å²) in [5.41, 5.74) is 1.51. The molecule has 162 valence electrons. The first-order valence-electron chi connectivity index (χ1n) is 10.1. The van der Waals surface area contributed by atoms with Gasteiger partial charge in [0.25, 0.3) is 0 Å². The Morgan fingerprint density at radius 1 is 1.48 bits per heavy atom. The molecule has 9 nitrogen and oxygen atoms in total. The molecule has 0 bridgehead atoms. The maximum absolute atomic E-state index is 13.1. The zero-order valence-electron chi connectivity index (χ0n) is 17.4. The standard InChI is InChI=1S/C22H25N5O4/c1-30-8-3-4-17-10-20(24-12-18(17)11-23)26-22(29)27(13-16-7-9-31-15-16)21-6-2-5-19(14-28)25-21/h2,5-6,10,12,14,16H,3-4,7-9,13,15H2,1H3,(H,24,26,29)/t16-/m0/s1. The molecule has 0 radical (unpaired) electrons. The van der Waals surface area contributed by atoms with Crippen LogP contribution in [-0.4, -0.2) is 55.8 Å². The summed E-state index contributed by atoms with van der Waals surface area (Å²) in [6.07, 6.45) is 4.33. The number of methoxy groups -OCH3 is 1. The number of aryl methyl sites for hydroxylation is 1. The fourth-order valence-electron chi connectivity index (χ4n) is 3.38. The van der Waals surface area contributed by atoms with Gasteiger partial charge in [0.05, 0.1) is 12.2 Å². The Bertz CT molecular complexity index is 953. The summed E-state index contributed by atoms with van der Waals surface area (Å²) in [7, 11) is 1.63. The Balaban J connectivity index is 1.81. The van der Waals surface area contributed by atoms with Gasteiger partial charge >= 0.3 is 6.03 Å². The lowest BCUT2D eigenvalue weighted by atomic mass is 10.1. The number of rotatable bonds is 9. The second-order valence-electron chi connectivity index (χ2n) is 7.24. The molecule has 0 unspecified atom stereocenters. The number of nitriles is 1. The monoisotopic (exact) mass is 423 g/mol. The van der Waals surface area contributed by atoms with Gasteiger partial charge in [0.15, 0.2) is 6.29 Å². The van der Waals surface area contributed by atoms with E-state index in [0.717, 1.165) is 18.4 Å². The lowest BCUT2D eigenvalue weighted by Gasteiger charge is -2.24. The van der Waals surface area contributed by atoms with E-state index in [0.29, 0.717) is 56.3 Å². The number of carbonyl (C=O) groups is 2. The quantitative estimate of drug-likeness (QED) is 0.487. The molecule has 1 saturated heterocycles. The molecule has 0 saturated carbocycles. The van der Waals surface area contributed by atoms with E-state index in [1.165, 1.54) is 11.1 Å². The number of pyridine rings is 2. The number of hydrogen-bond donors (Lipinski definition) is 1. The van der Waals surface area contributed by atoms with Crippen molar-refractivity contribution in [2.45, 2.75) is 19.3 Å². The van der Waals surface area contributed by atoms with Gasteiger partial charge < -0.3 is 9.47 Å². The van der Waals surface area contributed by atoms with Crippen LogP contribution in [-0.2, 0) is 15.9 Å². The number of aromatic nitrogens is 2. The lowest BCUT2D eigenvalue weighted by Crippen LogP contribution is -2.39. The summed E-state index contributed by atoms with van der Waals surface area (Å²) in [5.74, 6) is 0.893. The van der Waals surface area contributed by atoms with Gasteiger partial charge in [-0.25, -0.2) is 14.8 Å². The zero-order chi connectivity index (χ0) is 22.1. The van der Waals surface area contributed by atoms with E-state index >= 15 is 0 Å². The minimum Gasteiger partial charge on any atom is -0.385 e. The second-order valence-corrected chi connectivity index (χ2v) is 7.24. The predicted octanol–water partition coefficient (Wildman–Crippen LogP) is 2.81. The summed E-state index contributed by atoms with van der Waals surface area (Å²) < 4.78 is 10.5. The van der Waals surface area contributed by atoms with E-state index in [9.17, 15) is 14.9 Å². The van der Waals surface area contributed by atoms with Crippen molar-refractivity contribution in [3.8, 4) is 6.07 Å². The third-order valence-electron chi connectivity index (χ3n) is 5.00. The average Bonchev–Trinajstić information content (AvgIpc) is 3.31. The summed E-state index contributed by atoms with van der Waals surface area (Å²) in [5, 5.41) is 12.1. The minimum absolute atomic E-state index is 0.172. The van der Waals surface area contributed by atoms with Crippen LogP contribution in [0.2, 0.25) is 0 Å². The Labute approximate surface area is 181 Å². The molecule has 2 aromatic rings. The molecule has 3 rings (SSSR count). The highest BCUT2D eigenvalue weighted by Crippen LogP contribution is 2.21. The van der Waals surface area contributed by atoms with Crippen LogP contribution >= 0.6 is 0 Å². The molecule has 1 atom stereocenters.